The third kappa shape index (κ3) is 2.93. The fraction of sp³-hybridized carbons (Fsp3) is 0. The van der Waals surface area contributed by atoms with E-state index >= 15 is 0 Å². The minimum absolute atomic E-state index is 0.0959. The van der Waals surface area contributed by atoms with Gasteiger partial charge >= 0.3 is 5.97 Å². The van der Waals surface area contributed by atoms with Crippen LogP contribution >= 0.6 is 0 Å². The Morgan fingerprint density at radius 3 is 2.45 bits per heavy atom. The molecule has 0 bridgehead atoms. The Morgan fingerprint density at radius 2 is 1.68 bits per heavy atom. The molecule has 0 aliphatic heterocycles. The highest BCUT2D eigenvalue weighted by molar-refractivity contribution is 5.93. The van der Waals surface area contributed by atoms with Crippen molar-refractivity contribution in [1.29, 1.82) is 0 Å². The summed E-state index contributed by atoms with van der Waals surface area (Å²) in [5.41, 5.74) is 1.90. The number of rotatable bonds is 3. The number of carbonyl (C=O) groups excluding carboxylic acids is 1. The molecule has 2 heterocycles. The van der Waals surface area contributed by atoms with Crippen molar-refractivity contribution >= 4 is 5.97 Å². The number of ether oxygens (including phenoxy) is 1. The first-order valence-corrected chi connectivity index (χ1v) is 6.60. The Kier molecular flexibility index (Phi) is 3.78. The number of pyridine rings is 2. The van der Waals surface area contributed by atoms with E-state index < -0.39 is 5.97 Å². The van der Waals surface area contributed by atoms with Gasteiger partial charge in [0.1, 0.15) is 11.3 Å². The lowest BCUT2D eigenvalue weighted by molar-refractivity contribution is 0.0724. The van der Waals surface area contributed by atoms with Crippen LogP contribution in [0.5, 0.6) is 11.6 Å². The number of carbonyl (C=O) groups is 1. The smallest absolute Gasteiger partial charge is 0.348 e. The predicted molar refractivity (Wildman–Crippen MR) is 80.5 cm³/mol. The molecular formula is C17H12N2O3. The Hall–Kier alpha value is -3.21. The number of nitrogens with zero attached hydrogens (tertiary/aromatic N) is 2. The summed E-state index contributed by atoms with van der Waals surface area (Å²) >= 11 is 0. The zero-order valence-corrected chi connectivity index (χ0v) is 11.5. The van der Waals surface area contributed by atoms with Gasteiger partial charge in [0.05, 0.1) is 0 Å². The van der Waals surface area contributed by atoms with Crippen molar-refractivity contribution in [3.05, 3.63) is 72.7 Å². The van der Waals surface area contributed by atoms with Gasteiger partial charge in [0.25, 0.3) is 0 Å². The molecule has 3 rings (SSSR count). The van der Waals surface area contributed by atoms with Gasteiger partial charge in [0.15, 0.2) is 0 Å². The van der Waals surface area contributed by atoms with Crippen LogP contribution in [0.1, 0.15) is 10.4 Å². The Morgan fingerprint density at radius 1 is 0.955 bits per heavy atom. The zero-order chi connectivity index (χ0) is 15.4. The molecule has 0 amide bonds. The average Bonchev–Trinajstić information content (AvgIpc) is 2.56. The minimum Gasteiger partial charge on any atom is -0.507 e. The number of phenolic OH excluding ortho intramolecular Hbond substituents is 1. The van der Waals surface area contributed by atoms with Gasteiger partial charge in [-0.3, -0.25) is 4.98 Å². The van der Waals surface area contributed by atoms with Gasteiger partial charge in [-0.25, -0.2) is 9.78 Å². The summed E-state index contributed by atoms with van der Waals surface area (Å²) in [5, 5.41) is 9.66. The van der Waals surface area contributed by atoms with Crippen LogP contribution in [0.3, 0.4) is 0 Å². The predicted octanol–water partition coefficient (Wildman–Crippen LogP) is 3.07. The molecule has 0 fully saturated rings. The summed E-state index contributed by atoms with van der Waals surface area (Å²) in [7, 11) is 0. The fourth-order valence-electron chi connectivity index (χ4n) is 1.99. The molecule has 1 N–H and O–H groups in total. The summed E-state index contributed by atoms with van der Waals surface area (Å²) in [6, 6.07) is 13.4. The molecule has 5 nitrogen and oxygen atoms in total. The van der Waals surface area contributed by atoms with Crippen LogP contribution < -0.4 is 4.74 Å². The summed E-state index contributed by atoms with van der Waals surface area (Å²) in [6.45, 7) is 0. The van der Waals surface area contributed by atoms with Crippen molar-refractivity contribution in [1.82, 2.24) is 9.97 Å². The van der Waals surface area contributed by atoms with Crippen LogP contribution in [-0.4, -0.2) is 21.0 Å². The molecule has 0 aliphatic rings. The Labute approximate surface area is 126 Å². The quantitative estimate of drug-likeness (QED) is 0.751. The number of aromatic nitrogens is 2. The van der Waals surface area contributed by atoms with Crippen LogP contribution in [0.15, 0.2) is 67.1 Å². The summed E-state index contributed by atoms with van der Waals surface area (Å²) < 4.78 is 5.22. The second kappa shape index (κ2) is 6.05. The minimum atomic E-state index is -0.655. The summed E-state index contributed by atoms with van der Waals surface area (Å²) in [5.74, 6) is -0.613. The molecule has 0 aliphatic carbocycles. The lowest BCUT2D eigenvalue weighted by Gasteiger charge is -2.06. The van der Waals surface area contributed by atoms with E-state index in [1.807, 2.05) is 18.2 Å². The average molecular weight is 292 g/mol. The van der Waals surface area contributed by atoms with Crippen molar-refractivity contribution in [2.75, 3.05) is 0 Å². The van der Waals surface area contributed by atoms with Crippen LogP contribution in [0, 0.1) is 0 Å². The Balaban J connectivity index is 1.85. The van der Waals surface area contributed by atoms with Gasteiger partial charge in [-0.2, -0.15) is 0 Å². The maximum atomic E-state index is 12.1. The van der Waals surface area contributed by atoms with E-state index in [0.29, 0.717) is 0 Å². The molecule has 0 unspecified atom stereocenters. The molecule has 0 radical (unpaired) electrons. The van der Waals surface area contributed by atoms with Gasteiger partial charge in [0, 0.05) is 24.7 Å². The first-order chi connectivity index (χ1) is 10.7. The molecule has 3 aromatic rings. The van der Waals surface area contributed by atoms with Crippen molar-refractivity contribution < 1.29 is 14.6 Å². The number of phenols is 1. The van der Waals surface area contributed by atoms with E-state index in [4.69, 9.17) is 4.74 Å². The van der Waals surface area contributed by atoms with Gasteiger partial charge in [-0.1, -0.05) is 12.1 Å². The maximum absolute atomic E-state index is 12.1. The standard InChI is InChI=1S/C17H12N2O3/c20-15-4-2-1-3-14(15)17(21)22-16-11-13(7-10-19-16)12-5-8-18-9-6-12/h1-11,20H. The molecule has 108 valence electrons. The number of hydrogen-bond acceptors (Lipinski definition) is 5. The van der Waals surface area contributed by atoms with Crippen molar-refractivity contribution in [3.63, 3.8) is 0 Å². The van der Waals surface area contributed by atoms with Gasteiger partial charge < -0.3 is 9.84 Å². The zero-order valence-electron chi connectivity index (χ0n) is 11.5. The summed E-state index contributed by atoms with van der Waals surface area (Å²) in [4.78, 5) is 20.0. The second-order valence-corrected chi connectivity index (χ2v) is 4.53. The topological polar surface area (TPSA) is 72.3 Å². The van der Waals surface area contributed by atoms with E-state index in [1.165, 1.54) is 12.1 Å². The lowest BCUT2D eigenvalue weighted by Crippen LogP contribution is -2.09. The first-order valence-electron chi connectivity index (χ1n) is 6.60. The number of hydrogen-bond donors (Lipinski definition) is 1. The van der Waals surface area contributed by atoms with Gasteiger partial charge in [-0.15, -0.1) is 0 Å². The van der Waals surface area contributed by atoms with E-state index in [0.717, 1.165) is 11.1 Å². The van der Waals surface area contributed by atoms with Gasteiger partial charge in [-0.05, 0) is 41.5 Å². The lowest BCUT2D eigenvalue weighted by atomic mass is 10.1. The molecule has 22 heavy (non-hydrogen) atoms. The highest BCUT2D eigenvalue weighted by atomic mass is 16.5. The molecular weight excluding hydrogens is 280 g/mol. The Bertz CT molecular complexity index is 804. The number of aromatic hydroxyl groups is 1. The van der Waals surface area contributed by atoms with Crippen molar-refractivity contribution in [2.45, 2.75) is 0 Å². The van der Waals surface area contributed by atoms with E-state index in [2.05, 4.69) is 9.97 Å². The highest BCUT2D eigenvalue weighted by Gasteiger charge is 2.13. The third-order valence-electron chi connectivity index (χ3n) is 3.07. The van der Waals surface area contributed by atoms with Crippen molar-refractivity contribution in [2.24, 2.45) is 0 Å². The summed E-state index contributed by atoms with van der Waals surface area (Å²) in [6.07, 6.45) is 4.93. The molecule has 2 aromatic heterocycles. The number of benzene rings is 1. The molecule has 0 atom stereocenters. The van der Waals surface area contributed by atoms with E-state index in [9.17, 15) is 9.90 Å². The molecule has 0 saturated heterocycles. The fourth-order valence-corrected chi connectivity index (χ4v) is 1.99. The van der Waals surface area contributed by atoms with Crippen LogP contribution in [0.4, 0.5) is 0 Å². The SMILES string of the molecule is O=C(Oc1cc(-c2ccncc2)ccn1)c1ccccc1O. The second-order valence-electron chi connectivity index (χ2n) is 4.53. The van der Waals surface area contributed by atoms with Crippen molar-refractivity contribution in [3.8, 4) is 22.8 Å². The van der Waals surface area contributed by atoms with Crippen LogP contribution in [0.2, 0.25) is 0 Å². The number of esters is 1. The first kappa shape index (κ1) is 13.8. The molecule has 0 spiro atoms. The molecule has 0 saturated carbocycles. The monoisotopic (exact) mass is 292 g/mol. The van der Waals surface area contributed by atoms with E-state index in [1.54, 1.807) is 36.8 Å². The largest absolute Gasteiger partial charge is 0.507 e. The van der Waals surface area contributed by atoms with Crippen LogP contribution in [-0.2, 0) is 0 Å². The maximum Gasteiger partial charge on any atom is 0.348 e. The number of para-hydroxylation sites is 1. The van der Waals surface area contributed by atoms with E-state index in [-0.39, 0.29) is 17.2 Å². The normalized spacial score (nSPS) is 10.2. The van der Waals surface area contributed by atoms with Gasteiger partial charge in [0.2, 0.25) is 5.88 Å². The third-order valence-corrected chi connectivity index (χ3v) is 3.07. The molecule has 5 heteroatoms. The molecule has 1 aromatic carbocycles. The van der Waals surface area contributed by atoms with Crippen LogP contribution in [0.25, 0.3) is 11.1 Å². The highest BCUT2D eigenvalue weighted by Crippen LogP contribution is 2.23.